The van der Waals surface area contributed by atoms with Gasteiger partial charge in [0.2, 0.25) is 5.91 Å². The van der Waals surface area contributed by atoms with Crippen molar-refractivity contribution in [2.75, 3.05) is 7.11 Å². The van der Waals surface area contributed by atoms with E-state index < -0.39 is 5.41 Å². The first-order valence-electron chi connectivity index (χ1n) is 11.7. The number of methoxy groups -OCH3 is 1. The lowest BCUT2D eigenvalue weighted by Crippen LogP contribution is -2.56. The Labute approximate surface area is 202 Å². The summed E-state index contributed by atoms with van der Waals surface area (Å²) < 4.78 is 5.66. The van der Waals surface area contributed by atoms with Gasteiger partial charge in [0.15, 0.2) is 0 Å². The van der Waals surface area contributed by atoms with Crippen molar-refractivity contribution in [3.05, 3.63) is 65.2 Å². The summed E-state index contributed by atoms with van der Waals surface area (Å²) in [7, 11) is 1.78. The number of hydrogen-bond donors (Lipinski definition) is 1. The van der Waals surface area contributed by atoms with E-state index in [-0.39, 0.29) is 23.5 Å². The van der Waals surface area contributed by atoms with E-state index in [1.165, 1.54) is 5.56 Å². The molecule has 1 amide bonds. The lowest BCUT2D eigenvalue weighted by atomic mass is 9.57. The van der Waals surface area contributed by atoms with Gasteiger partial charge in [-0.15, -0.1) is 0 Å². The minimum Gasteiger partial charge on any atom is -0.386 e. The molecule has 2 aliphatic carbocycles. The standard InChI is InChI=1S/C27H34ClN3O2/c1-17(2)31(18(3)29)25(32)26(4)24-13-19(21-12-22(28)16-30-15-21)6-7-20(24)14-27(26)10-8-23(33-5)9-11-27/h6-7,12-13,15-17,23H,3,8-11,14,29H2,1-2,4-5H3. The van der Waals surface area contributed by atoms with E-state index in [1.807, 2.05) is 26.1 Å². The monoisotopic (exact) mass is 467 g/mol. The topological polar surface area (TPSA) is 68.5 Å². The minimum absolute atomic E-state index is 0.0287. The van der Waals surface area contributed by atoms with Gasteiger partial charge in [-0.2, -0.15) is 0 Å². The van der Waals surface area contributed by atoms with E-state index >= 15 is 0 Å². The molecule has 6 heteroatoms. The molecule has 1 spiro atoms. The maximum Gasteiger partial charge on any atom is 0.239 e. The molecule has 176 valence electrons. The molecule has 4 rings (SSSR count). The molecule has 2 aromatic rings. The molecule has 33 heavy (non-hydrogen) atoms. The Morgan fingerprint density at radius 1 is 1.24 bits per heavy atom. The van der Waals surface area contributed by atoms with Gasteiger partial charge in [0.25, 0.3) is 0 Å². The summed E-state index contributed by atoms with van der Waals surface area (Å²) in [6, 6.07) is 8.27. The Kier molecular flexibility index (Phi) is 6.32. The van der Waals surface area contributed by atoms with Crippen molar-refractivity contribution in [1.29, 1.82) is 0 Å². The van der Waals surface area contributed by atoms with Crippen molar-refractivity contribution in [2.24, 2.45) is 11.1 Å². The Hall–Kier alpha value is -2.37. The summed E-state index contributed by atoms with van der Waals surface area (Å²) in [6.45, 7) is 10.0. The van der Waals surface area contributed by atoms with Crippen LogP contribution in [0, 0.1) is 5.41 Å². The molecular weight excluding hydrogens is 434 g/mol. The quantitative estimate of drug-likeness (QED) is 0.634. The second kappa shape index (κ2) is 8.77. The predicted molar refractivity (Wildman–Crippen MR) is 133 cm³/mol. The largest absolute Gasteiger partial charge is 0.386 e. The number of benzene rings is 1. The van der Waals surface area contributed by atoms with E-state index in [0.717, 1.165) is 48.8 Å². The van der Waals surface area contributed by atoms with E-state index in [0.29, 0.717) is 10.8 Å². The molecule has 5 nitrogen and oxygen atoms in total. The van der Waals surface area contributed by atoms with E-state index in [2.05, 4.69) is 36.7 Å². The normalized spacial score (nSPS) is 26.4. The first kappa shape index (κ1) is 23.8. The first-order chi connectivity index (χ1) is 15.6. The van der Waals surface area contributed by atoms with Crippen LogP contribution in [0.2, 0.25) is 5.02 Å². The van der Waals surface area contributed by atoms with E-state index in [1.54, 1.807) is 18.2 Å². The van der Waals surface area contributed by atoms with Gasteiger partial charge in [-0.25, -0.2) is 0 Å². The summed E-state index contributed by atoms with van der Waals surface area (Å²) in [6.07, 6.45) is 8.31. The molecule has 0 aliphatic heterocycles. The minimum atomic E-state index is -0.727. The van der Waals surface area contributed by atoms with Crippen LogP contribution in [0.1, 0.15) is 57.6 Å². The second-order valence-corrected chi connectivity index (χ2v) is 10.5. The van der Waals surface area contributed by atoms with Gasteiger partial charge >= 0.3 is 0 Å². The number of nitrogens with zero attached hydrogens (tertiary/aromatic N) is 2. The van der Waals surface area contributed by atoms with Crippen LogP contribution in [0.25, 0.3) is 11.1 Å². The van der Waals surface area contributed by atoms with Crippen LogP contribution in [0.5, 0.6) is 0 Å². The highest BCUT2D eigenvalue weighted by Gasteiger charge is 2.60. The van der Waals surface area contributed by atoms with Crippen LogP contribution < -0.4 is 5.73 Å². The Bertz CT molecular complexity index is 1070. The fourth-order valence-corrected chi connectivity index (χ4v) is 6.28. The highest BCUT2D eigenvalue weighted by Crippen LogP contribution is 2.60. The van der Waals surface area contributed by atoms with Gasteiger partial charge in [-0.3, -0.25) is 14.7 Å². The van der Waals surface area contributed by atoms with Crippen LogP contribution in [0.4, 0.5) is 0 Å². The molecule has 1 heterocycles. The summed E-state index contributed by atoms with van der Waals surface area (Å²) in [5, 5.41) is 0.589. The molecular formula is C27H34ClN3O2. The van der Waals surface area contributed by atoms with Crippen molar-refractivity contribution in [3.8, 4) is 11.1 Å². The molecule has 1 aromatic heterocycles. The van der Waals surface area contributed by atoms with Crippen molar-refractivity contribution < 1.29 is 9.53 Å². The number of nitrogens with two attached hydrogens (primary N) is 1. The number of pyridine rings is 1. The highest BCUT2D eigenvalue weighted by atomic mass is 35.5. The Morgan fingerprint density at radius 3 is 2.52 bits per heavy atom. The van der Waals surface area contributed by atoms with Crippen LogP contribution in [0.3, 0.4) is 0 Å². The molecule has 1 saturated carbocycles. The Morgan fingerprint density at radius 2 is 1.94 bits per heavy atom. The van der Waals surface area contributed by atoms with Gasteiger partial charge in [-0.05, 0) is 87.1 Å². The first-order valence-corrected chi connectivity index (χ1v) is 12.1. The number of halogens is 1. The van der Waals surface area contributed by atoms with Crippen molar-refractivity contribution in [1.82, 2.24) is 9.88 Å². The molecule has 2 N–H and O–H groups in total. The lowest BCUT2D eigenvalue weighted by Gasteiger charge is -2.49. The van der Waals surface area contributed by atoms with Gasteiger partial charge in [-0.1, -0.05) is 30.3 Å². The number of carbonyl (C=O) groups is 1. The third kappa shape index (κ3) is 3.85. The van der Waals surface area contributed by atoms with Crippen LogP contribution in [-0.2, 0) is 21.4 Å². The van der Waals surface area contributed by atoms with Gasteiger partial charge < -0.3 is 10.5 Å². The second-order valence-electron chi connectivity index (χ2n) is 10.0. The number of carbonyl (C=O) groups excluding carboxylic acids is 1. The summed E-state index contributed by atoms with van der Waals surface area (Å²) >= 11 is 6.22. The summed E-state index contributed by atoms with van der Waals surface area (Å²) in [5.74, 6) is 0.321. The molecule has 1 atom stereocenters. The zero-order valence-corrected chi connectivity index (χ0v) is 20.8. The number of fused-ring (bicyclic) bond motifs is 1. The van der Waals surface area contributed by atoms with Gasteiger partial charge in [0.05, 0.1) is 22.4 Å². The molecule has 1 fully saturated rings. The average molecular weight is 468 g/mol. The SMILES string of the molecule is C=C(N)N(C(=O)C1(C)c2cc(-c3cncc(Cl)c3)ccc2CC12CCC(OC)CC2)C(C)C. The lowest BCUT2D eigenvalue weighted by molar-refractivity contribution is -0.143. The van der Waals surface area contributed by atoms with Crippen molar-refractivity contribution in [3.63, 3.8) is 0 Å². The predicted octanol–water partition coefficient (Wildman–Crippen LogP) is 5.46. The van der Waals surface area contributed by atoms with Crippen LogP contribution >= 0.6 is 11.6 Å². The maximum absolute atomic E-state index is 14.4. The highest BCUT2D eigenvalue weighted by molar-refractivity contribution is 6.30. The summed E-state index contributed by atoms with van der Waals surface area (Å²) in [4.78, 5) is 20.3. The number of amides is 1. The number of ether oxygens (including phenoxy) is 1. The fraction of sp³-hybridized carbons (Fsp3) is 0.481. The van der Waals surface area contributed by atoms with Crippen molar-refractivity contribution in [2.45, 2.75) is 70.4 Å². The number of rotatable bonds is 5. The zero-order chi connectivity index (χ0) is 24.0. The van der Waals surface area contributed by atoms with Crippen LogP contribution in [0.15, 0.2) is 49.1 Å². The zero-order valence-electron chi connectivity index (χ0n) is 20.0. The third-order valence-corrected chi connectivity index (χ3v) is 8.18. The molecule has 0 saturated heterocycles. The average Bonchev–Trinajstić information content (AvgIpc) is 3.02. The van der Waals surface area contributed by atoms with Gasteiger partial charge in [0.1, 0.15) is 0 Å². The molecule has 1 aromatic carbocycles. The molecule has 2 aliphatic rings. The van der Waals surface area contributed by atoms with E-state index in [4.69, 9.17) is 22.1 Å². The van der Waals surface area contributed by atoms with Crippen molar-refractivity contribution >= 4 is 17.5 Å². The number of aromatic nitrogens is 1. The summed E-state index contributed by atoms with van der Waals surface area (Å²) in [5.41, 5.74) is 9.49. The maximum atomic E-state index is 14.4. The van der Waals surface area contributed by atoms with Crippen LogP contribution in [-0.4, -0.2) is 35.0 Å². The molecule has 1 unspecified atom stereocenters. The smallest absolute Gasteiger partial charge is 0.239 e. The molecule has 0 bridgehead atoms. The van der Waals surface area contributed by atoms with E-state index in [9.17, 15) is 4.79 Å². The third-order valence-electron chi connectivity index (χ3n) is 7.97. The Balaban J connectivity index is 1.87. The molecule has 0 radical (unpaired) electrons. The number of hydrogen-bond acceptors (Lipinski definition) is 4. The van der Waals surface area contributed by atoms with Gasteiger partial charge in [0, 0.05) is 31.1 Å². The fourth-order valence-electron chi connectivity index (χ4n) is 6.11.